The molecule has 0 aliphatic rings. The Labute approximate surface area is 242 Å². The largest absolute Gasteiger partial charge is 0.350 e. The van der Waals surface area contributed by atoms with Crippen molar-refractivity contribution in [3.63, 3.8) is 0 Å². The first-order valence-corrected chi connectivity index (χ1v) is 13.4. The molecular formula is C30H24Cl4N2O2. The number of amides is 2. The first kappa shape index (κ1) is 28.0. The summed E-state index contributed by atoms with van der Waals surface area (Å²) in [6.07, 6.45) is 0.102. The maximum atomic E-state index is 13.8. The van der Waals surface area contributed by atoms with Gasteiger partial charge in [-0.2, -0.15) is 0 Å². The Hall–Kier alpha value is -3.02. The second kappa shape index (κ2) is 13.2. The fourth-order valence-corrected chi connectivity index (χ4v) is 4.77. The standard InChI is InChI=1S/C30H24Cl4N2O2/c31-24-11-6-20(7-12-24)16-28(37)36(19-21-8-13-25(32)14-9-21)29(22-4-2-1-3-5-22)30(38)35-18-23-10-15-26(33)17-27(23)34/h1-15,17,29H,16,18-19H2,(H,35,38)/t29-/m0/s1. The van der Waals surface area contributed by atoms with Crippen molar-refractivity contribution in [1.82, 2.24) is 10.2 Å². The van der Waals surface area contributed by atoms with Crippen LogP contribution in [0, 0.1) is 0 Å². The van der Waals surface area contributed by atoms with Crippen LogP contribution in [-0.2, 0) is 29.1 Å². The van der Waals surface area contributed by atoms with E-state index in [4.69, 9.17) is 46.4 Å². The maximum Gasteiger partial charge on any atom is 0.247 e. The van der Waals surface area contributed by atoms with E-state index in [1.54, 1.807) is 59.5 Å². The van der Waals surface area contributed by atoms with E-state index in [2.05, 4.69) is 5.32 Å². The molecule has 0 saturated carbocycles. The summed E-state index contributed by atoms with van der Waals surface area (Å²) in [6, 6.07) is 27.8. The minimum Gasteiger partial charge on any atom is -0.350 e. The van der Waals surface area contributed by atoms with Crippen LogP contribution in [0.1, 0.15) is 28.3 Å². The summed E-state index contributed by atoms with van der Waals surface area (Å²) in [5.74, 6) is -0.545. The Kier molecular flexibility index (Phi) is 9.70. The van der Waals surface area contributed by atoms with Crippen molar-refractivity contribution >= 4 is 58.2 Å². The third-order valence-electron chi connectivity index (χ3n) is 6.00. The van der Waals surface area contributed by atoms with Gasteiger partial charge in [0.25, 0.3) is 0 Å². The SMILES string of the molecule is O=C(NCc1ccc(Cl)cc1Cl)[C@H](c1ccccc1)N(Cc1ccc(Cl)cc1)C(=O)Cc1ccc(Cl)cc1. The van der Waals surface area contributed by atoms with Gasteiger partial charge in [-0.05, 0) is 58.7 Å². The van der Waals surface area contributed by atoms with Gasteiger partial charge < -0.3 is 10.2 Å². The molecule has 4 rings (SSSR count). The number of rotatable bonds is 9. The Morgan fingerprint density at radius 3 is 1.89 bits per heavy atom. The van der Waals surface area contributed by atoms with Crippen molar-refractivity contribution < 1.29 is 9.59 Å². The van der Waals surface area contributed by atoms with Gasteiger partial charge in [0.1, 0.15) is 6.04 Å². The summed E-state index contributed by atoms with van der Waals surface area (Å²) in [4.78, 5) is 29.2. The Bertz CT molecular complexity index is 1390. The second-order valence-electron chi connectivity index (χ2n) is 8.72. The van der Waals surface area contributed by atoms with E-state index in [-0.39, 0.29) is 31.3 Å². The van der Waals surface area contributed by atoms with Gasteiger partial charge in [0.05, 0.1) is 6.42 Å². The minimum atomic E-state index is -0.891. The molecule has 194 valence electrons. The number of carbonyl (C=O) groups excluding carboxylic acids is 2. The lowest BCUT2D eigenvalue weighted by Crippen LogP contribution is -2.43. The molecule has 1 atom stereocenters. The van der Waals surface area contributed by atoms with Gasteiger partial charge in [0.2, 0.25) is 11.8 Å². The molecule has 0 heterocycles. The lowest BCUT2D eigenvalue weighted by atomic mass is 10.0. The van der Waals surface area contributed by atoms with Crippen molar-refractivity contribution in [2.75, 3.05) is 0 Å². The zero-order valence-corrected chi connectivity index (χ0v) is 23.2. The highest BCUT2D eigenvalue weighted by atomic mass is 35.5. The molecule has 0 radical (unpaired) electrons. The fraction of sp³-hybridized carbons (Fsp3) is 0.133. The summed E-state index contributed by atoms with van der Waals surface area (Å²) >= 11 is 24.5. The fourth-order valence-electron chi connectivity index (χ4n) is 4.04. The third-order valence-corrected chi connectivity index (χ3v) is 7.09. The predicted octanol–water partition coefficient (Wildman–Crippen LogP) is 7.93. The first-order valence-electron chi connectivity index (χ1n) is 11.8. The summed E-state index contributed by atoms with van der Waals surface area (Å²) in [5.41, 5.74) is 3.03. The van der Waals surface area contributed by atoms with Crippen LogP contribution in [0.15, 0.2) is 97.1 Å². The van der Waals surface area contributed by atoms with Gasteiger partial charge in [0.15, 0.2) is 0 Å². The van der Waals surface area contributed by atoms with Crippen molar-refractivity contribution in [2.45, 2.75) is 25.6 Å². The van der Waals surface area contributed by atoms with Crippen molar-refractivity contribution in [3.8, 4) is 0 Å². The Morgan fingerprint density at radius 1 is 0.711 bits per heavy atom. The second-order valence-corrected chi connectivity index (χ2v) is 10.4. The molecule has 0 aliphatic heterocycles. The van der Waals surface area contributed by atoms with Crippen LogP contribution in [0.4, 0.5) is 0 Å². The lowest BCUT2D eigenvalue weighted by molar-refractivity contribution is -0.141. The van der Waals surface area contributed by atoms with Crippen LogP contribution >= 0.6 is 46.4 Å². The van der Waals surface area contributed by atoms with Gasteiger partial charge >= 0.3 is 0 Å². The molecule has 4 aromatic rings. The predicted molar refractivity (Wildman–Crippen MR) is 155 cm³/mol. The number of halogens is 4. The molecule has 0 unspecified atom stereocenters. The molecule has 0 fully saturated rings. The lowest BCUT2D eigenvalue weighted by Gasteiger charge is -2.32. The molecule has 0 spiro atoms. The van der Waals surface area contributed by atoms with E-state index < -0.39 is 6.04 Å². The smallest absolute Gasteiger partial charge is 0.247 e. The van der Waals surface area contributed by atoms with E-state index in [0.29, 0.717) is 31.2 Å². The van der Waals surface area contributed by atoms with Crippen molar-refractivity contribution in [3.05, 3.63) is 139 Å². The summed E-state index contributed by atoms with van der Waals surface area (Å²) in [6.45, 7) is 0.386. The Morgan fingerprint density at radius 2 is 1.29 bits per heavy atom. The zero-order chi connectivity index (χ0) is 27.1. The van der Waals surface area contributed by atoms with Crippen LogP contribution in [0.25, 0.3) is 0 Å². The maximum absolute atomic E-state index is 13.8. The van der Waals surface area contributed by atoms with Crippen LogP contribution in [-0.4, -0.2) is 16.7 Å². The number of benzene rings is 4. The Balaban J connectivity index is 1.67. The summed E-state index contributed by atoms with van der Waals surface area (Å²) < 4.78 is 0. The normalized spacial score (nSPS) is 11.6. The third kappa shape index (κ3) is 7.52. The molecule has 0 bridgehead atoms. The van der Waals surface area contributed by atoms with E-state index in [1.165, 1.54) is 0 Å². The highest BCUT2D eigenvalue weighted by molar-refractivity contribution is 6.35. The molecule has 4 aromatic carbocycles. The average Bonchev–Trinajstić information content (AvgIpc) is 2.91. The number of carbonyl (C=O) groups is 2. The number of hydrogen-bond donors (Lipinski definition) is 1. The average molecular weight is 586 g/mol. The molecule has 0 aromatic heterocycles. The zero-order valence-electron chi connectivity index (χ0n) is 20.2. The summed E-state index contributed by atoms with van der Waals surface area (Å²) in [7, 11) is 0. The number of hydrogen-bond acceptors (Lipinski definition) is 2. The molecule has 0 aliphatic carbocycles. The van der Waals surface area contributed by atoms with E-state index in [0.717, 1.165) is 11.1 Å². The molecule has 2 amide bonds. The highest BCUT2D eigenvalue weighted by Gasteiger charge is 2.31. The monoisotopic (exact) mass is 584 g/mol. The van der Waals surface area contributed by atoms with E-state index >= 15 is 0 Å². The molecule has 4 nitrogen and oxygen atoms in total. The minimum absolute atomic E-state index is 0.102. The molecule has 1 N–H and O–H groups in total. The molecule has 0 saturated heterocycles. The molecular weight excluding hydrogens is 562 g/mol. The van der Waals surface area contributed by atoms with Gasteiger partial charge in [-0.25, -0.2) is 0 Å². The van der Waals surface area contributed by atoms with Crippen molar-refractivity contribution in [1.29, 1.82) is 0 Å². The van der Waals surface area contributed by atoms with Crippen LogP contribution < -0.4 is 5.32 Å². The van der Waals surface area contributed by atoms with E-state index in [1.807, 2.05) is 42.5 Å². The number of nitrogens with zero attached hydrogens (tertiary/aromatic N) is 1. The van der Waals surface area contributed by atoms with Gasteiger partial charge in [0, 0.05) is 33.2 Å². The van der Waals surface area contributed by atoms with Gasteiger partial charge in [-0.3, -0.25) is 9.59 Å². The van der Waals surface area contributed by atoms with Crippen molar-refractivity contribution in [2.24, 2.45) is 0 Å². The topological polar surface area (TPSA) is 49.4 Å². The van der Waals surface area contributed by atoms with E-state index in [9.17, 15) is 9.59 Å². The van der Waals surface area contributed by atoms with Crippen LogP contribution in [0.5, 0.6) is 0 Å². The number of nitrogens with one attached hydrogen (secondary N) is 1. The quantitative estimate of drug-likeness (QED) is 0.217. The summed E-state index contributed by atoms with van der Waals surface area (Å²) in [5, 5.41) is 5.09. The van der Waals surface area contributed by atoms with Crippen LogP contribution in [0.2, 0.25) is 20.1 Å². The van der Waals surface area contributed by atoms with Gasteiger partial charge in [-0.15, -0.1) is 0 Å². The van der Waals surface area contributed by atoms with Gasteiger partial charge in [-0.1, -0.05) is 107 Å². The first-order chi connectivity index (χ1) is 18.3. The molecule has 38 heavy (non-hydrogen) atoms. The van der Waals surface area contributed by atoms with Crippen LogP contribution in [0.3, 0.4) is 0 Å². The molecule has 8 heteroatoms. The highest BCUT2D eigenvalue weighted by Crippen LogP contribution is 2.27.